The third-order valence-corrected chi connectivity index (χ3v) is 7.01. The lowest BCUT2D eigenvalue weighted by Gasteiger charge is -2.13. The van der Waals surface area contributed by atoms with E-state index in [1.54, 1.807) is 6.07 Å². The summed E-state index contributed by atoms with van der Waals surface area (Å²) >= 11 is 0. The molecule has 0 radical (unpaired) electrons. The van der Waals surface area contributed by atoms with Gasteiger partial charge in [-0.25, -0.2) is 4.39 Å². The molecule has 1 aliphatic carbocycles. The molecule has 1 fully saturated rings. The molecule has 3 aromatic rings. The van der Waals surface area contributed by atoms with Gasteiger partial charge in [-0.2, -0.15) is 0 Å². The minimum atomic E-state index is -0.149. The maximum absolute atomic E-state index is 15.0. The van der Waals surface area contributed by atoms with E-state index in [9.17, 15) is 0 Å². The van der Waals surface area contributed by atoms with E-state index >= 15 is 4.39 Å². The van der Waals surface area contributed by atoms with Crippen LogP contribution in [0.4, 0.5) is 4.39 Å². The quantitative estimate of drug-likeness (QED) is 0.344. The van der Waals surface area contributed by atoms with Crippen molar-refractivity contribution in [3.63, 3.8) is 0 Å². The largest absolute Gasteiger partial charge is 0.206 e. The lowest BCUT2D eigenvalue weighted by atomic mass is 9.92. The summed E-state index contributed by atoms with van der Waals surface area (Å²) in [6.45, 7) is 4.49. The lowest BCUT2D eigenvalue weighted by Crippen LogP contribution is -1.96. The molecular formula is C30H35F. The summed E-state index contributed by atoms with van der Waals surface area (Å²) in [4.78, 5) is 0. The molecule has 0 N–H and O–H groups in total. The molecule has 0 heterocycles. The topological polar surface area (TPSA) is 0 Å². The van der Waals surface area contributed by atoms with Gasteiger partial charge in [0.15, 0.2) is 0 Å². The lowest BCUT2D eigenvalue weighted by molar-refractivity contribution is 0.489. The number of rotatable bonds is 8. The number of benzene rings is 3. The van der Waals surface area contributed by atoms with Gasteiger partial charge in [0.25, 0.3) is 0 Å². The molecule has 0 amide bonds. The Bertz CT molecular complexity index is 968. The Labute approximate surface area is 187 Å². The average molecular weight is 415 g/mol. The van der Waals surface area contributed by atoms with E-state index in [-0.39, 0.29) is 5.82 Å². The van der Waals surface area contributed by atoms with Crippen LogP contribution < -0.4 is 0 Å². The average Bonchev–Trinajstić information content (AvgIpc) is 3.27. The predicted octanol–water partition coefficient (Wildman–Crippen LogP) is 9.19. The van der Waals surface area contributed by atoms with Crippen LogP contribution in [0.25, 0.3) is 22.3 Å². The molecule has 1 saturated carbocycles. The standard InChI is InChI=1S/C30H35F/c1-3-5-7-22-8-11-24(12-9-22)28-18-19-29(30(31)21-28)26-16-14-25(15-17-26)27-13-10-23(20-27)6-4-2/h8-9,11-12,14-19,21,23,27H,3-7,10,13,20H2,1-2H3. The highest BCUT2D eigenvalue weighted by Crippen LogP contribution is 2.40. The van der Waals surface area contributed by atoms with Crippen molar-refractivity contribution in [3.8, 4) is 22.3 Å². The monoisotopic (exact) mass is 414 g/mol. The molecule has 0 aromatic heterocycles. The summed E-state index contributed by atoms with van der Waals surface area (Å²) in [6.07, 6.45) is 10.1. The van der Waals surface area contributed by atoms with Crippen molar-refractivity contribution in [1.29, 1.82) is 0 Å². The van der Waals surface area contributed by atoms with Gasteiger partial charge in [-0.15, -0.1) is 0 Å². The minimum absolute atomic E-state index is 0.149. The van der Waals surface area contributed by atoms with E-state index in [1.165, 1.54) is 56.1 Å². The second-order valence-corrected chi connectivity index (χ2v) is 9.28. The van der Waals surface area contributed by atoms with E-state index in [2.05, 4.69) is 62.4 Å². The summed E-state index contributed by atoms with van der Waals surface area (Å²) in [5.74, 6) is 1.42. The summed E-state index contributed by atoms with van der Waals surface area (Å²) in [5, 5.41) is 0. The van der Waals surface area contributed by atoms with Crippen molar-refractivity contribution < 1.29 is 4.39 Å². The van der Waals surface area contributed by atoms with Crippen molar-refractivity contribution in [2.45, 2.75) is 71.1 Å². The Morgan fingerprint density at radius 1 is 0.774 bits per heavy atom. The normalized spacial score (nSPS) is 18.4. The zero-order valence-electron chi connectivity index (χ0n) is 19.0. The van der Waals surface area contributed by atoms with Gasteiger partial charge < -0.3 is 0 Å². The highest BCUT2D eigenvalue weighted by Gasteiger charge is 2.25. The smallest absolute Gasteiger partial charge is 0.131 e. The predicted molar refractivity (Wildman–Crippen MR) is 131 cm³/mol. The van der Waals surface area contributed by atoms with Gasteiger partial charge in [0.05, 0.1) is 0 Å². The second-order valence-electron chi connectivity index (χ2n) is 9.28. The highest BCUT2D eigenvalue weighted by atomic mass is 19.1. The van der Waals surface area contributed by atoms with Gasteiger partial charge in [0.2, 0.25) is 0 Å². The van der Waals surface area contributed by atoms with Crippen LogP contribution in [0.1, 0.15) is 75.8 Å². The molecule has 2 unspecified atom stereocenters. The molecule has 162 valence electrons. The minimum Gasteiger partial charge on any atom is -0.206 e. The van der Waals surface area contributed by atoms with E-state index in [4.69, 9.17) is 0 Å². The van der Waals surface area contributed by atoms with Crippen molar-refractivity contribution in [1.82, 2.24) is 0 Å². The van der Waals surface area contributed by atoms with Crippen molar-refractivity contribution in [3.05, 3.63) is 83.7 Å². The van der Waals surface area contributed by atoms with Gasteiger partial charge in [0, 0.05) is 5.56 Å². The van der Waals surface area contributed by atoms with Gasteiger partial charge in [-0.1, -0.05) is 93.8 Å². The Morgan fingerprint density at radius 2 is 1.48 bits per heavy atom. The Hall–Kier alpha value is -2.41. The van der Waals surface area contributed by atoms with Gasteiger partial charge >= 0.3 is 0 Å². The third-order valence-electron chi connectivity index (χ3n) is 7.01. The fraction of sp³-hybridized carbons (Fsp3) is 0.400. The van der Waals surface area contributed by atoms with Crippen LogP contribution in [0.2, 0.25) is 0 Å². The van der Waals surface area contributed by atoms with Crippen LogP contribution in [0.15, 0.2) is 66.7 Å². The Morgan fingerprint density at radius 3 is 2.16 bits per heavy atom. The molecule has 0 aliphatic heterocycles. The number of hydrogen-bond donors (Lipinski definition) is 0. The van der Waals surface area contributed by atoms with Crippen LogP contribution in [0.5, 0.6) is 0 Å². The van der Waals surface area contributed by atoms with Crippen molar-refractivity contribution >= 4 is 0 Å². The number of hydrogen-bond acceptors (Lipinski definition) is 0. The van der Waals surface area contributed by atoms with Crippen molar-refractivity contribution in [2.24, 2.45) is 5.92 Å². The van der Waals surface area contributed by atoms with Gasteiger partial charge in [-0.3, -0.25) is 0 Å². The molecule has 0 nitrogen and oxygen atoms in total. The molecule has 1 heteroatoms. The molecule has 0 spiro atoms. The summed E-state index contributed by atoms with van der Waals surface area (Å²) in [6, 6.07) is 22.9. The summed E-state index contributed by atoms with van der Waals surface area (Å²) < 4.78 is 15.0. The highest BCUT2D eigenvalue weighted by molar-refractivity contribution is 5.71. The summed E-state index contributed by atoms with van der Waals surface area (Å²) in [5.41, 5.74) is 6.43. The summed E-state index contributed by atoms with van der Waals surface area (Å²) in [7, 11) is 0. The molecule has 3 aromatic carbocycles. The Kier molecular flexibility index (Phi) is 7.22. The number of aryl methyl sites for hydroxylation is 1. The second kappa shape index (κ2) is 10.3. The fourth-order valence-corrected chi connectivity index (χ4v) is 5.16. The molecule has 0 bridgehead atoms. The van der Waals surface area contributed by atoms with Crippen molar-refractivity contribution in [2.75, 3.05) is 0 Å². The molecule has 1 aliphatic rings. The van der Waals surface area contributed by atoms with E-state index in [0.29, 0.717) is 11.5 Å². The van der Waals surface area contributed by atoms with Crippen LogP contribution in [-0.4, -0.2) is 0 Å². The van der Waals surface area contributed by atoms with Crippen LogP contribution in [0.3, 0.4) is 0 Å². The fourth-order valence-electron chi connectivity index (χ4n) is 5.16. The number of halogens is 1. The first kappa shape index (κ1) is 21.8. The zero-order chi connectivity index (χ0) is 21.6. The molecule has 4 rings (SSSR count). The maximum Gasteiger partial charge on any atom is 0.131 e. The van der Waals surface area contributed by atoms with Gasteiger partial charge in [-0.05, 0) is 77.8 Å². The zero-order valence-corrected chi connectivity index (χ0v) is 19.0. The third kappa shape index (κ3) is 5.26. The van der Waals surface area contributed by atoms with E-state index in [1.807, 2.05) is 12.1 Å². The molecular weight excluding hydrogens is 379 g/mol. The van der Waals surface area contributed by atoms with E-state index in [0.717, 1.165) is 29.0 Å². The maximum atomic E-state index is 15.0. The molecule has 2 atom stereocenters. The first-order chi connectivity index (χ1) is 15.2. The molecule has 31 heavy (non-hydrogen) atoms. The van der Waals surface area contributed by atoms with Crippen LogP contribution in [0, 0.1) is 11.7 Å². The van der Waals surface area contributed by atoms with Crippen LogP contribution in [-0.2, 0) is 6.42 Å². The first-order valence-electron chi connectivity index (χ1n) is 12.2. The van der Waals surface area contributed by atoms with Crippen LogP contribution >= 0.6 is 0 Å². The Balaban J connectivity index is 1.47. The molecule has 0 saturated heterocycles. The number of unbranched alkanes of at least 4 members (excludes halogenated alkanes) is 1. The van der Waals surface area contributed by atoms with Gasteiger partial charge in [0.1, 0.15) is 5.82 Å². The SMILES string of the molecule is CCCCc1ccc(-c2ccc(-c3ccc(C4CCC(CCC)C4)cc3)c(F)c2)cc1. The first-order valence-corrected chi connectivity index (χ1v) is 12.2. The van der Waals surface area contributed by atoms with E-state index < -0.39 is 0 Å².